The minimum Gasteiger partial charge on any atom is -0.507 e. The Morgan fingerprint density at radius 1 is 1.53 bits per heavy atom. The molecule has 0 aliphatic carbocycles. The van der Waals surface area contributed by atoms with E-state index in [1.165, 1.54) is 13.2 Å². The first-order chi connectivity index (χ1) is 7.99. The van der Waals surface area contributed by atoms with Crippen molar-refractivity contribution in [1.29, 1.82) is 0 Å². The Balaban J connectivity index is 2.52. The Morgan fingerprint density at radius 2 is 2.24 bits per heavy atom. The molecule has 0 saturated heterocycles. The molecule has 1 amide bonds. The molecule has 1 heterocycles. The van der Waals surface area contributed by atoms with Crippen molar-refractivity contribution >= 4 is 6.41 Å². The van der Waals surface area contributed by atoms with Crippen LogP contribution in [0.25, 0.3) is 0 Å². The van der Waals surface area contributed by atoms with Crippen molar-refractivity contribution in [2.45, 2.75) is 25.5 Å². The van der Waals surface area contributed by atoms with Crippen molar-refractivity contribution in [3.05, 3.63) is 17.7 Å². The molecule has 92 valence electrons. The van der Waals surface area contributed by atoms with Gasteiger partial charge in [0.25, 0.3) is 0 Å². The summed E-state index contributed by atoms with van der Waals surface area (Å²) in [7, 11) is 1.52. The van der Waals surface area contributed by atoms with Gasteiger partial charge in [-0.1, -0.05) is 0 Å². The van der Waals surface area contributed by atoms with E-state index in [-0.39, 0.29) is 11.8 Å². The van der Waals surface area contributed by atoms with E-state index in [9.17, 15) is 9.90 Å². The maximum Gasteiger partial charge on any atom is 0.207 e. The largest absolute Gasteiger partial charge is 0.507 e. The second-order valence-corrected chi connectivity index (χ2v) is 4.48. The van der Waals surface area contributed by atoms with E-state index in [0.717, 1.165) is 0 Å². The summed E-state index contributed by atoms with van der Waals surface area (Å²) in [6.45, 7) is 3.69. The van der Waals surface area contributed by atoms with E-state index in [1.54, 1.807) is 6.07 Å². The van der Waals surface area contributed by atoms with Gasteiger partial charge >= 0.3 is 0 Å². The topological polar surface area (TPSA) is 67.8 Å². The van der Waals surface area contributed by atoms with Gasteiger partial charge in [0.1, 0.15) is 28.9 Å². The van der Waals surface area contributed by atoms with Crippen molar-refractivity contribution < 1.29 is 19.4 Å². The fourth-order valence-electron chi connectivity index (χ4n) is 2.12. The lowest BCUT2D eigenvalue weighted by atomic mass is 9.94. The number of amides is 1. The smallest absolute Gasteiger partial charge is 0.207 e. The van der Waals surface area contributed by atoms with Gasteiger partial charge in [0.2, 0.25) is 6.41 Å². The van der Waals surface area contributed by atoms with Crippen LogP contribution in [0.1, 0.15) is 25.5 Å². The summed E-state index contributed by atoms with van der Waals surface area (Å²) in [6.07, 6.45) is 0.606. The Labute approximate surface area is 99.3 Å². The standard InChI is InChI=1S/C12H15NO4/c1-12(2)11(13-6-14)10-8(15)4-7(16-3)5-9(10)17-12/h4-6,11,15H,1-3H3,(H,13,14). The second kappa shape index (κ2) is 3.84. The molecule has 0 saturated carbocycles. The molecule has 0 radical (unpaired) electrons. The summed E-state index contributed by atoms with van der Waals surface area (Å²) in [4.78, 5) is 10.6. The first-order valence-electron chi connectivity index (χ1n) is 5.29. The number of phenolic OH excluding ortho intramolecular Hbond substituents is 1. The maximum atomic E-state index is 10.6. The van der Waals surface area contributed by atoms with Gasteiger partial charge in [0.15, 0.2) is 0 Å². The third-order valence-electron chi connectivity index (χ3n) is 2.92. The zero-order valence-corrected chi connectivity index (χ0v) is 9.98. The molecule has 1 aliphatic rings. The SMILES string of the molecule is COc1cc(O)c2c(c1)OC(C)(C)C2NC=O. The van der Waals surface area contributed by atoms with Crippen LogP contribution in [0.15, 0.2) is 12.1 Å². The lowest BCUT2D eigenvalue weighted by molar-refractivity contribution is -0.111. The average Bonchev–Trinajstić information content (AvgIpc) is 2.50. The highest BCUT2D eigenvalue weighted by atomic mass is 16.5. The second-order valence-electron chi connectivity index (χ2n) is 4.48. The summed E-state index contributed by atoms with van der Waals surface area (Å²) in [5.74, 6) is 1.11. The molecule has 1 aromatic carbocycles. The maximum absolute atomic E-state index is 10.6. The summed E-state index contributed by atoms with van der Waals surface area (Å²) in [5, 5.41) is 12.6. The number of ether oxygens (including phenoxy) is 2. The first-order valence-corrected chi connectivity index (χ1v) is 5.29. The molecule has 1 aromatic rings. The molecule has 1 atom stereocenters. The number of phenols is 1. The highest BCUT2D eigenvalue weighted by molar-refractivity contribution is 5.58. The summed E-state index contributed by atoms with van der Waals surface area (Å²) in [5.41, 5.74) is -0.0181. The van der Waals surface area contributed by atoms with Crippen LogP contribution in [0.5, 0.6) is 17.2 Å². The molecule has 5 nitrogen and oxygen atoms in total. The van der Waals surface area contributed by atoms with Crippen LogP contribution >= 0.6 is 0 Å². The van der Waals surface area contributed by atoms with Crippen LogP contribution in [0.4, 0.5) is 0 Å². The normalized spacial score (nSPS) is 20.3. The van der Waals surface area contributed by atoms with Crippen LogP contribution in [-0.2, 0) is 4.79 Å². The fourth-order valence-corrected chi connectivity index (χ4v) is 2.12. The van der Waals surface area contributed by atoms with Gasteiger partial charge in [-0.05, 0) is 13.8 Å². The molecule has 1 aliphatic heterocycles. The molecule has 0 fully saturated rings. The molecule has 1 unspecified atom stereocenters. The number of hydrogen-bond acceptors (Lipinski definition) is 4. The van der Waals surface area contributed by atoms with Crippen molar-refractivity contribution in [3.8, 4) is 17.2 Å². The predicted molar refractivity (Wildman–Crippen MR) is 61.3 cm³/mol. The Kier molecular flexibility index (Phi) is 2.61. The Bertz CT molecular complexity index is 456. The summed E-state index contributed by atoms with van der Waals surface area (Å²) >= 11 is 0. The van der Waals surface area contributed by atoms with Crippen LogP contribution in [0.2, 0.25) is 0 Å². The van der Waals surface area contributed by atoms with E-state index in [4.69, 9.17) is 9.47 Å². The zero-order valence-electron chi connectivity index (χ0n) is 9.98. The fraction of sp³-hybridized carbons (Fsp3) is 0.417. The number of rotatable bonds is 3. The van der Waals surface area contributed by atoms with Gasteiger partial charge < -0.3 is 19.9 Å². The Hall–Kier alpha value is -1.91. The molecule has 2 rings (SSSR count). The number of benzene rings is 1. The third-order valence-corrected chi connectivity index (χ3v) is 2.92. The number of hydrogen-bond donors (Lipinski definition) is 2. The molecule has 5 heteroatoms. The Morgan fingerprint density at radius 3 is 2.82 bits per heavy atom. The minimum atomic E-state index is -0.604. The molecule has 0 bridgehead atoms. The number of carbonyl (C=O) groups excluding carboxylic acids is 1. The molecular weight excluding hydrogens is 222 g/mol. The number of fused-ring (bicyclic) bond motifs is 1. The first kappa shape index (κ1) is 11.6. The van der Waals surface area contributed by atoms with Crippen LogP contribution in [-0.4, -0.2) is 24.2 Å². The predicted octanol–water partition coefficient (Wildman–Crippen LogP) is 1.36. The zero-order chi connectivity index (χ0) is 12.6. The molecule has 2 N–H and O–H groups in total. The van der Waals surface area contributed by atoms with Gasteiger partial charge in [-0.15, -0.1) is 0 Å². The molecule has 17 heavy (non-hydrogen) atoms. The van der Waals surface area contributed by atoms with E-state index >= 15 is 0 Å². The molecule has 0 spiro atoms. The quantitative estimate of drug-likeness (QED) is 0.779. The number of methoxy groups -OCH3 is 1. The van der Waals surface area contributed by atoms with Crippen LogP contribution < -0.4 is 14.8 Å². The van der Waals surface area contributed by atoms with E-state index in [0.29, 0.717) is 23.5 Å². The average molecular weight is 237 g/mol. The van der Waals surface area contributed by atoms with E-state index in [2.05, 4.69) is 5.32 Å². The van der Waals surface area contributed by atoms with Gasteiger partial charge in [-0.2, -0.15) is 0 Å². The van der Waals surface area contributed by atoms with Crippen LogP contribution in [0, 0.1) is 0 Å². The van der Waals surface area contributed by atoms with Gasteiger partial charge in [0, 0.05) is 12.1 Å². The summed E-state index contributed by atoms with van der Waals surface area (Å²) in [6, 6.07) is 2.83. The molecular formula is C12H15NO4. The van der Waals surface area contributed by atoms with E-state index < -0.39 is 5.60 Å². The van der Waals surface area contributed by atoms with Crippen molar-refractivity contribution in [2.24, 2.45) is 0 Å². The summed E-state index contributed by atoms with van der Waals surface area (Å²) < 4.78 is 10.8. The van der Waals surface area contributed by atoms with E-state index in [1.807, 2.05) is 13.8 Å². The highest BCUT2D eigenvalue weighted by Gasteiger charge is 2.43. The lowest BCUT2D eigenvalue weighted by Crippen LogP contribution is -2.38. The minimum absolute atomic E-state index is 0.0595. The number of carbonyl (C=O) groups is 1. The third kappa shape index (κ3) is 1.77. The van der Waals surface area contributed by atoms with Gasteiger partial charge in [-0.3, -0.25) is 4.79 Å². The van der Waals surface area contributed by atoms with Crippen molar-refractivity contribution in [3.63, 3.8) is 0 Å². The molecule has 0 aromatic heterocycles. The lowest BCUT2D eigenvalue weighted by Gasteiger charge is -2.25. The van der Waals surface area contributed by atoms with Gasteiger partial charge in [-0.25, -0.2) is 0 Å². The van der Waals surface area contributed by atoms with Crippen molar-refractivity contribution in [2.75, 3.05) is 7.11 Å². The number of aromatic hydroxyl groups is 1. The van der Waals surface area contributed by atoms with Gasteiger partial charge in [0.05, 0.1) is 12.7 Å². The highest BCUT2D eigenvalue weighted by Crippen LogP contribution is 2.48. The number of nitrogens with one attached hydrogen (secondary N) is 1. The van der Waals surface area contributed by atoms with Crippen molar-refractivity contribution in [1.82, 2.24) is 5.32 Å². The monoisotopic (exact) mass is 237 g/mol. The van der Waals surface area contributed by atoms with Crippen LogP contribution in [0.3, 0.4) is 0 Å².